The standard InChI is InChI=1S/C23H18ClN3O4S2/c1-30-22(29)16-10-13-6-2-3-7-14(13)11-27(16)18(28)12-32-23-26-25-21(31-23)20-19(24)15-8-4-5-9-17(15)33-20/h2-9,16H,10-12H2,1H3/t16-/m0/s1. The number of thioether (sulfide) groups is 1. The molecule has 7 nitrogen and oxygen atoms in total. The molecule has 1 aliphatic rings. The Kier molecular flexibility index (Phi) is 6.09. The van der Waals surface area contributed by atoms with Gasteiger partial charge in [-0.2, -0.15) is 0 Å². The van der Waals surface area contributed by atoms with E-state index < -0.39 is 12.0 Å². The Morgan fingerprint density at radius 2 is 1.94 bits per heavy atom. The number of amides is 1. The van der Waals surface area contributed by atoms with E-state index in [4.69, 9.17) is 20.8 Å². The fourth-order valence-corrected chi connectivity index (χ4v) is 5.93. The molecule has 0 spiro atoms. The van der Waals surface area contributed by atoms with Crippen molar-refractivity contribution in [2.45, 2.75) is 24.2 Å². The molecular formula is C23H18ClN3O4S2. The zero-order chi connectivity index (χ0) is 22.9. The highest BCUT2D eigenvalue weighted by molar-refractivity contribution is 7.99. The van der Waals surface area contributed by atoms with Crippen LogP contribution in [0.4, 0.5) is 0 Å². The molecule has 4 aromatic rings. The molecule has 1 amide bonds. The van der Waals surface area contributed by atoms with Gasteiger partial charge in [-0.25, -0.2) is 4.79 Å². The Morgan fingerprint density at radius 1 is 1.18 bits per heavy atom. The number of carbonyl (C=O) groups excluding carboxylic acids is 2. The Hall–Kier alpha value is -2.88. The van der Waals surface area contributed by atoms with E-state index in [1.54, 1.807) is 4.90 Å². The van der Waals surface area contributed by atoms with Crippen LogP contribution in [0.15, 0.2) is 58.2 Å². The molecule has 0 saturated carbocycles. The highest BCUT2D eigenvalue weighted by Gasteiger charge is 2.35. The van der Waals surface area contributed by atoms with Gasteiger partial charge in [0.15, 0.2) is 0 Å². The first kappa shape index (κ1) is 21.9. The second-order valence-electron chi connectivity index (χ2n) is 7.44. The number of ether oxygens (including phenoxy) is 1. The van der Waals surface area contributed by atoms with Gasteiger partial charge in [-0.05, 0) is 17.2 Å². The van der Waals surface area contributed by atoms with Gasteiger partial charge in [0, 0.05) is 23.1 Å². The third kappa shape index (κ3) is 4.23. The maximum absolute atomic E-state index is 13.0. The van der Waals surface area contributed by atoms with Crippen LogP contribution < -0.4 is 0 Å². The number of fused-ring (bicyclic) bond motifs is 2. The predicted molar refractivity (Wildman–Crippen MR) is 127 cm³/mol. The number of methoxy groups -OCH3 is 1. The third-order valence-corrected chi connectivity index (χ3v) is 7.96. The van der Waals surface area contributed by atoms with Gasteiger partial charge in [0.2, 0.25) is 5.91 Å². The molecule has 1 atom stereocenters. The van der Waals surface area contributed by atoms with Crippen molar-refractivity contribution in [1.29, 1.82) is 0 Å². The quantitative estimate of drug-likeness (QED) is 0.287. The lowest BCUT2D eigenvalue weighted by molar-refractivity contribution is -0.153. The molecule has 2 aromatic heterocycles. The van der Waals surface area contributed by atoms with E-state index in [2.05, 4.69) is 10.2 Å². The second kappa shape index (κ2) is 9.17. The lowest BCUT2D eigenvalue weighted by atomic mass is 9.94. The Balaban J connectivity index is 1.31. The van der Waals surface area contributed by atoms with Gasteiger partial charge in [0.05, 0.1) is 17.9 Å². The number of hydrogen-bond donors (Lipinski definition) is 0. The maximum atomic E-state index is 13.0. The van der Waals surface area contributed by atoms with E-state index in [-0.39, 0.29) is 16.9 Å². The first-order valence-electron chi connectivity index (χ1n) is 10.1. The lowest BCUT2D eigenvalue weighted by Gasteiger charge is -2.35. The minimum absolute atomic E-state index is 0.0530. The van der Waals surface area contributed by atoms with Crippen LogP contribution in [0, 0.1) is 0 Å². The number of aromatic nitrogens is 2. The van der Waals surface area contributed by atoms with Gasteiger partial charge >= 0.3 is 5.97 Å². The Labute approximate surface area is 202 Å². The van der Waals surface area contributed by atoms with Crippen molar-refractivity contribution in [3.8, 4) is 10.8 Å². The third-order valence-electron chi connectivity index (χ3n) is 5.50. The van der Waals surface area contributed by atoms with Gasteiger partial charge in [-0.15, -0.1) is 21.5 Å². The molecule has 0 bridgehead atoms. The average Bonchev–Trinajstić information content (AvgIpc) is 3.45. The smallest absolute Gasteiger partial charge is 0.328 e. The van der Waals surface area contributed by atoms with Crippen molar-refractivity contribution >= 4 is 56.7 Å². The van der Waals surface area contributed by atoms with E-state index in [1.807, 2.05) is 48.5 Å². The fourth-order valence-electron chi connectivity index (χ4n) is 3.85. The van der Waals surface area contributed by atoms with E-state index in [0.29, 0.717) is 28.8 Å². The molecular weight excluding hydrogens is 482 g/mol. The van der Waals surface area contributed by atoms with Gasteiger partial charge in [0.25, 0.3) is 11.1 Å². The Bertz CT molecular complexity index is 1350. The van der Waals surface area contributed by atoms with Crippen molar-refractivity contribution < 1.29 is 18.7 Å². The number of esters is 1. The van der Waals surface area contributed by atoms with Crippen LogP contribution in [-0.2, 0) is 27.3 Å². The van der Waals surface area contributed by atoms with Crippen molar-refractivity contribution in [3.63, 3.8) is 0 Å². The number of thiophene rings is 1. The lowest BCUT2D eigenvalue weighted by Crippen LogP contribution is -2.49. The molecule has 5 rings (SSSR count). The summed E-state index contributed by atoms with van der Waals surface area (Å²) in [5.41, 5.74) is 2.07. The van der Waals surface area contributed by atoms with E-state index >= 15 is 0 Å². The molecule has 2 aromatic carbocycles. The normalized spacial score (nSPS) is 15.5. The SMILES string of the molecule is COC(=O)[C@@H]1Cc2ccccc2CN1C(=O)CSc1nnc(-c2sc3ccccc3c2Cl)o1. The number of halogens is 1. The molecule has 1 aliphatic heterocycles. The number of hydrogen-bond acceptors (Lipinski definition) is 8. The number of rotatable bonds is 5. The summed E-state index contributed by atoms with van der Waals surface area (Å²) in [5, 5.41) is 9.93. The predicted octanol–water partition coefficient (Wildman–Crippen LogP) is 4.82. The van der Waals surface area contributed by atoms with E-state index in [0.717, 1.165) is 33.0 Å². The molecule has 0 saturated heterocycles. The first-order valence-corrected chi connectivity index (χ1v) is 12.3. The van der Waals surface area contributed by atoms with Crippen LogP contribution in [0.25, 0.3) is 20.9 Å². The van der Waals surface area contributed by atoms with Gasteiger partial charge in [-0.1, -0.05) is 65.8 Å². The van der Waals surface area contributed by atoms with Crippen LogP contribution in [0.1, 0.15) is 11.1 Å². The summed E-state index contributed by atoms with van der Waals surface area (Å²) in [7, 11) is 1.33. The van der Waals surface area contributed by atoms with E-state index in [9.17, 15) is 9.59 Å². The first-order chi connectivity index (χ1) is 16.0. The highest BCUT2D eigenvalue weighted by Crippen LogP contribution is 2.41. The zero-order valence-electron chi connectivity index (χ0n) is 17.5. The minimum atomic E-state index is -0.659. The summed E-state index contributed by atoms with van der Waals surface area (Å²) in [6, 6.07) is 14.9. The maximum Gasteiger partial charge on any atom is 0.328 e. The molecule has 0 N–H and O–H groups in total. The fraction of sp³-hybridized carbons (Fsp3) is 0.217. The van der Waals surface area contributed by atoms with Gasteiger partial charge < -0.3 is 14.1 Å². The summed E-state index contributed by atoms with van der Waals surface area (Å²) >= 11 is 9.11. The van der Waals surface area contributed by atoms with Crippen LogP contribution in [0.3, 0.4) is 0 Å². The summed E-state index contributed by atoms with van der Waals surface area (Å²) in [6.45, 7) is 0.349. The van der Waals surface area contributed by atoms with Crippen LogP contribution in [0.2, 0.25) is 5.02 Å². The summed E-state index contributed by atoms with van der Waals surface area (Å²) in [4.78, 5) is 27.7. The topological polar surface area (TPSA) is 85.5 Å². The summed E-state index contributed by atoms with van der Waals surface area (Å²) < 4.78 is 11.7. The minimum Gasteiger partial charge on any atom is -0.467 e. The van der Waals surface area contributed by atoms with Crippen LogP contribution in [-0.4, -0.2) is 45.9 Å². The van der Waals surface area contributed by atoms with Crippen molar-refractivity contribution in [2.24, 2.45) is 0 Å². The molecule has 0 unspecified atom stereocenters. The molecule has 0 aliphatic carbocycles. The summed E-state index contributed by atoms with van der Waals surface area (Å²) in [5.74, 6) is -0.264. The van der Waals surface area contributed by atoms with Gasteiger partial charge in [-0.3, -0.25) is 4.79 Å². The molecule has 33 heavy (non-hydrogen) atoms. The molecule has 0 fully saturated rings. The largest absolute Gasteiger partial charge is 0.467 e. The van der Waals surface area contributed by atoms with Crippen molar-refractivity contribution in [1.82, 2.24) is 15.1 Å². The number of carbonyl (C=O) groups is 2. The van der Waals surface area contributed by atoms with Crippen LogP contribution in [0.5, 0.6) is 0 Å². The van der Waals surface area contributed by atoms with Crippen molar-refractivity contribution in [3.05, 3.63) is 64.7 Å². The average molecular weight is 500 g/mol. The summed E-state index contributed by atoms with van der Waals surface area (Å²) in [6.07, 6.45) is 0.425. The van der Waals surface area contributed by atoms with Crippen LogP contribution >= 0.6 is 34.7 Å². The monoisotopic (exact) mass is 499 g/mol. The van der Waals surface area contributed by atoms with Crippen molar-refractivity contribution in [2.75, 3.05) is 12.9 Å². The van der Waals surface area contributed by atoms with Gasteiger partial charge in [0.1, 0.15) is 10.9 Å². The highest BCUT2D eigenvalue weighted by atomic mass is 35.5. The second-order valence-corrected chi connectivity index (χ2v) is 9.79. The molecule has 10 heteroatoms. The number of nitrogens with zero attached hydrogens (tertiary/aromatic N) is 3. The Morgan fingerprint density at radius 3 is 2.73 bits per heavy atom. The molecule has 168 valence electrons. The zero-order valence-corrected chi connectivity index (χ0v) is 19.9. The van der Waals surface area contributed by atoms with E-state index in [1.165, 1.54) is 18.4 Å². The molecule has 0 radical (unpaired) electrons. The molecule has 3 heterocycles. The number of benzene rings is 2.